The number of hydrogen-bond acceptors (Lipinski definition) is 1. The van der Waals surface area contributed by atoms with Crippen molar-refractivity contribution in [1.29, 1.82) is 0 Å². The van der Waals surface area contributed by atoms with Gasteiger partial charge in [0, 0.05) is 45.0 Å². The molecule has 0 aliphatic rings. The van der Waals surface area contributed by atoms with Gasteiger partial charge in [-0.3, -0.25) is 4.57 Å². The molecule has 0 aliphatic carbocycles. The van der Waals surface area contributed by atoms with Crippen LogP contribution in [0.25, 0.3) is 0 Å². The summed E-state index contributed by atoms with van der Waals surface area (Å²) in [6, 6.07) is 0. The fourth-order valence-corrected chi connectivity index (χ4v) is 0.671. The summed E-state index contributed by atoms with van der Waals surface area (Å²) in [4.78, 5) is 8.69. The molecule has 0 atom stereocenters. The predicted molar refractivity (Wildman–Crippen MR) is 30.9 cm³/mol. The average molecular weight is 211 g/mol. The monoisotopic (exact) mass is 211 g/mol. The van der Waals surface area contributed by atoms with E-state index in [1.807, 2.05) is 0 Å². The van der Waals surface area contributed by atoms with Crippen LogP contribution in [0.4, 0.5) is 0 Å². The van der Waals surface area contributed by atoms with E-state index in [1.165, 1.54) is 0 Å². The molecule has 47 valence electrons. The third-order valence-electron chi connectivity index (χ3n) is 0.988. The van der Waals surface area contributed by atoms with Crippen molar-refractivity contribution in [2.75, 3.05) is 12.3 Å². The van der Waals surface area contributed by atoms with Gasteiger partial charge in [0.1, 0.15) is 0 Å². The van der Waals surface area contributed by atoms with Gasteiger partial charge in [0.25, 0.3) is 0 Å². The molecule has 0 spiro atoms. The van der Waals surface area contributed by atoms with Gasteiger partial charge in [-0.15, -0.1) is 0 Å². The van der Waals surface area contributed by atoms with E-state index in [1.54, 1.807) is 13.8 Å². The molecule has 0 rings (SSSR count). The Labute approximate surface area is 75.4 Å². The van der Waals surface area contributed by atoms with Gasteiger partial charge in [0.05, 0.1) is 0 Å². The first-order valence-electron chi connectivity index (χ1n) is 2.43. The number of hydrogen-bond donors (Lipinski definition) is 1. The Morgan fingerprint density at radius 2 is 1.62 bits per heavy atom. The summed E-state index contributed by atoms with van der Waals surface area (Å²) in [5.74, 6) is 0. The first-order valence-corrected chi connectivity index (χ1v) is 4.46. The van der Waals surface area contributed by atoms with Crippen LogP contribution in [0.3, 0.4) is 0 Å². The van der Waals surface area contributed by atoms with E-state index >= 15 is 0 Å². The second-order valence-corrected chi connectivity index (χ2v) is 4.44. The van der Waals surface area contributed by atoms with Crippen molar-refractivity contribution in [3.63, 3.8) is 0 Å². The zero-order valence-electron chi connectivity index (χ0n) is 5.29. The van der Waals surface area contributed by atoms with Gasteiger partial charge >= 0.3 is 0 Å². The summed E-state index contributed by atoms with van der Waals surface area (Å²) >= 11 is 0. The van der Waals surface area contributed by atoms with Crippen molar-refractivity contribution in [2.45, 2.75) is 13.8 Å². The largest absolute Gasteiger partial charge is 0.344 e. The molecule has 4 heteroatoms. The SMILES string of the molecule is CCP(=O)(O)CC.[Y]. The van der Waals surface area contributed by atoms with Gasteiger partial charge in [-0.25, -0.2) is 0 Å². The minimum atomic E-state index is -2.65. The molecule has 0 saturated heterocycles. The third-order valence-corrected chi connectivity index (χ3v) is 2.96. The molecular weight excluding hydrogens is 200 g/mol. The predicted octanol–water partition coefficient (Wildman–Crippen LogP) is 1.29. The van der Waals surface area contributed by atoms with Crippen molar-refractivity contribution in [2.24, 2.45) is 0 Å². The van der Waals surface area contributed by atoms with Crippen LogP contribution in [0, 0.1) is 0 Å². The molecule has 8 heavy (non-hydrogen) atoms. The van der Waals surface area contributed by atoms with E-state index in [4.69, 9.17) is 4.89 Å². The molecule has 0 heterocycles. The van der Waals surface area contributed by atoms with Crippen LogP contribution in [-0.2, 0) is 37.3 Å². The van der Waals surface area contributed by atoms with Crippen LogP contribution in [0.5, 0.6) is 0 Å². The minimum Gasteiger partial charge on any atom is -0.344 e. The van der Waals surface area contributed by atoms with Crippen LogP contribution in [0.1, 0.15) is 13.8 Å². The Bertz CT molecular complexity index is 86.0. The Kier molecular flexibility index (Phi) is 7.67. The van der Waals surface area contributed by atoms with Crippen molar-refractivity contribution >= 4 is 7.37 Å². The average Bonchev–Trinajstić information content (AvgIpc) is 1.68. The maximum Gasteiger partial charge on any atom is 0.200 e. The zero-order chi connectivity index (χ0) is 5.91. The van der Waals surface area contributed by atoms with Crippen molar-refractivity contribution < 1.29 is 42.2 Å². The summed E-state index contributed by atoms with van der Waals surface area (Å²) in [5, 5.41) is 0. The van der Waals surface area contributed by atoms with E-state index in [2.05, 4.69) is 0 Å². The second-order valence-electron chi connectivity index (χ2n) is 1.48. The molecule has 0 aromatic rings. The molecule has 2 nitrogen and oxygen atoms in total. The van der Waals surface area contributed by atoms with E-state index in [0.717, 1.165) is 0 Å². The normalized spacial score (nSPS) is 10.4. The van der Waals surface area contributed by atoms with E-state index in [-0.39, 0.29) is 32.7 Å². The van der Waals surface area contributed by atoms with Crippen LogP contribution in [0.15, 0.2) is 0 Å². The molecule has 0 saturated carbocycles. The van der Waals surface area contributed by atoms with Gasteiger partial charge < -0.3 is 4.89 Å². The molecule has 0 unspecified atom stereocenters. The smallest absolute Gasteiger partial charge is 0.200 e. The fourth-order valence-electron chi connectivity index (χ4n) is 0.224. The minimum absolute atomic E-state index is 0. The number of rotatable bonds is 2. The van der Waals surface area contributed by atoms with Crippen LogP contribution < -0.4 is 0 Å². The van der Waals surface area contributed by atoms with Gasteiger partial charge in [-0.2, -0.15) is 0 Å². The fraction of sp³-hybridized carbons (Fsp3) is 1.00. The molecule has 1 radical (unpaired) electrons. The molecule has 0 amide bonds. The summed E-state index contributed by atoms with van der Waals surface area (Å²) < 4.78 is 10.5. The molecule has 0 bridgehead atoms. The van der Waals surface area contributed by atoms with Crippen LogP contribution >= 0.6 is 7.37 Å². The Morgan fingerprint density at radius 1 is 1.38 bits per heavy atom. The topological polar surface area (TPSA) is 37.3 Å². The molecule has 0 aliphatic heterocycles. The van der Waals surface area contributed by atoms with Gasteiger partial charge in [-0.05, 0) is 0 Å². The Hall–Kier alpha value is 1.29. The molecule has 0 aromatic heterocycles. The van der Waals surface area contributed by atoms with E-state index in [0.29, 0.717) is 12.3 Å². The molecule has 0 aromatic carbocycles. The standard InChI is InChI=1S/C4H11O2P.Y/c1-3-7(5,6)4-2;/h3-4H2,1-2H3,(H,5,6);. The first kappa shape index (κ1) is 12.0. The van der Waals surface area contributed by atoms with E-state index in [9.17, 15) is 4.57 Å². The third kappa shape index (κ3) is 5.43. The van der Waals surface area contributed by atoms with Gasteiger partial charge in [-0.1, -0.05) is 13.8 Å². The van der Waals surface area contributed by atoms with Gasteiger partial charge in [0.2, 0.25) is 0 Å². The van der Waals surface area contributed by atoms with Crippen molar-refractivity contribution in [1.82, 2.24) is 0 Å². The van der Waals surface area contributed by atoms with Crippen LogP contribution in [-0.4, -0.2) is 17.2 Å². The Morgan fingerprint density at radius 3 is 1.62 bits per heavy atom. The quantitative estimate of drug-likeness (QED) is 0.698. The maximum atomic E-state index is 10.5. The maximum absolute atomic E-state index is 10.5. The van der Waals surface area contributed by atoms with E-state index < -0.39 is 7.37 Å². The summed E-state index contributed by atoms with van der Waals surface area (Å²) in [6.07, 6.45) is 0.812. The van der Waals surface area contributed by atoms with Gasteiger partial charge in [0.15, 0.2) is 7.37 Å². The van der Waals surface area contributed by atoms with Crippen molar-refractivity contribution in [3.8, 4) is 0 Å². The first-order chi connectivity index (χ1) is 3.12. The van der Waals surface area contributed by atoms with Crippen molar-refractivity contribution in [3.05, 3.63) is 0 Å². The summed E-state index contributed by atoms with van der Waals surface area (Å²) in [6.45, 7) is 3.45. The zero-order valence-corrected chi connectivity index (χ0v) is 9.03. The second kappa shape index (κ2) is 5.11. The summed E-state index contributed by atoms with van der Waals surface area (Å²) in [5.41, 5.74) is 0. The van der Waals surface area contributed by atoms with Crippen LogP contribution in [0.2, 0.25) is 0 Å². The molecule has 1 N–H and O–H groups in total. The molecular formula is C4H11O2PY. The molecule has 0 fully saturated rings. The summed E-state index contributed by atoms with van der Waals surface area (Å²) in [7, 11) is -2.65. The Balaban J connectivity index is 0.